The first kappa shape index (κ1) is 47.7. The summed E-state index contributed by atoms with van der Waals surface area (Å²) in [4.78, 5) is 31.0. The summed E-state index contributed by atoms with van der Waals surface area (Å²) in [5.41, 5.74) is -2.84. The van der Waals surface area contributed by atoms with Gasteiger partial charge in [0.05, 0.1) is 54.4 Å². The van der Waals surface area contributed by atoms with Crippen LogP contribution in [0.5, 0.6) is 17.5 Å². The number of benzene rings is 4. The van der Waals surface area contributed by atoms with Crippen molar-refractivity contribution in [3.05, 3.63) is 100 Å². The minimum absolute atomic E-state index is 0.000315. The van der Waals surface area contributed by atoms with E-state index in [1.165, 1.54) is 19.1 Å². The Bertz CT molecular complexity index is 2760. The maximum absolute atomic E-state index is 18.1. The van der Waals surface area contributed by atoms with E-state index in [1.54, 1.807) is 64.2 Å². The maximum Gasteiger partial charge on any atom is 0.417 e. The molecule has 0 spiro atoms. The number of alkyl halides is 4. The molecule has 0 unspecified atom stereocenters. The summed E-state index contributed by atoms with van der Waals surface area (Å²) in [7, 11) is 3.10. The summed E-state index contributed by atoms with van der Waals surface area (Å²) in [6.45, 7) is 8.33. The standard InChI is InChI=1S/C53H58F6N6O5/c1-30-22-35(62(25-31-8-13-36(67-5)14-9-31)26-32-10-15-37(68-6)16-11-32)23-39(44(30)53(57,58)59)42-45(55)38-17-19-40-41-18-12-34(65(41)50(66)70-51(2,3)4)28-64(40)48-43(38)47(46(42)56)60-49(61-48)69-29-52-20-7-21-63(52)27-33(54)24-52/h8-11,13-16,22-23,33-34,40-41H,7,12,17-21,24-29H2,1-6H3/t33-,34-,40-,41+,52+/m1/s1. The second-order valence-electron chi connectivity index (χ2n) is 20.6. The fraction of sp³-hybridized carbons (Fsp3) is 0.491. The molecule has 4 aromatic carbocycles. The number of piperazine rings is 1. The van der Waals surface area contributed by atoms with Gasteiger partial charge in [-0.2, -0.15) is 23.1 Å². The molecule has 5 aliphatic heterocycles. The van der Waals surface area contributed by atoms with Crippen molar-refractivity contribution in [3.63, 3.8) is 0 Å². The Morgan fingerprint density at radius 1 is 0.871 bits per heavy atom. The molecule has 6 heterocycles. The molecule has 4 fully saturated rings. The molecule has 70 heavy (non-hydrogen) atoms. The molecule has 5 aliphatic rings. The minimum Gasteiger partial charge on any atom is -0.497 e. The van der Waals surface area contributed by atoms with E-state index in [4.69, 9.17) is 23.9 Å². The average molecular weight is 973 g/mol. The van der Waals surface area contributed by atoms with Gasteiger partial charge in [-0.05, 0) is 126 Å². The Morgan fingerprint density at radius 3 is 2.17 bits per heavy atom. The van der Waals surface area contributed by atoms with Gasteiger partial charge in [0, 0.05) is 49.4 Å². The molecule has 5 atom stereocenters. The van der Waals surface area contributed by atoms with Gasteiger partial charge in [-0.15, -0.1) is 0 Å². The third-order valence-electron chi connectivity index (χ3n) is 15.0. The van der Waals surface area contributed by atoms with Crippen molar-refractivity contribution in [1.82, 2.24) is 19.8 Å². The number of carbonyl (C=O) groups is 1. The van der Waals surface area contributed by atoms with Crippen LogP contribution >= 0.6 is 0 Å². The first-order valence-corrected chi connectivity index (χ1v) is 24.1. The summed E-state index contributed by atoms with van der Waals surface area (Å²) < 4.78 is 121. The molecule has 11 nitrogen and oxygen atoms in total. The number of nitrogens with zero attached hydrogens (tertiary/aromatic N) is 6. The van der Waals surface area contributed by atoms with E-state index in [9.17, 15) is 9.18 Å². The number of aromatic nitrogens is 2. The maximum atomic E-state index is 18.1. The second-order valence-corrected chi connectivity index (χ2v) is 20.6. The Hall–Kier alpha value is -5.97. The van der Waals surface area contributed by atoms with Gasteiger partial charge >= 0.3 is 18.3 Å². The number of hydrogen-bond donors (Lipinski definition) is 0. The van der Waals surface area contributed by atoms with Crippen LogP contribution in [0.2, 0.25) is 0 Å². The molecule has 1 amide bonds. The van der Waals surface area contributed by atoms with Crippen LogP contribution in [-0.2, 0) is 30.4 Å². The Morgan fingerprint density at radius 2 is 1.54 bits per heavy atom. The number of halogens is 6. The predicted octanol–water partition coefficient (Wildman–Crippen LogP) is 11.0. The zero-order valence-electron chi connectivity index (χ0n) is 40.3. The normalized spacial score (nSPS) is 23.0. The number of methoxy groups -OCH3 is 2. The zero-order valence-corrected chi connectivity index (χ0v) is 40.3. The van der Waals surface area contributed by atoms with E-state index < -0.39 is 63.9 Å². The van der Waals surface area contributed by atoms with E-state index in [-0.39, 0.29) is 98.0 Å². The zero-order chi connectivity index (χ0) is 49.4. The third kappa shape index (κ3) is 8.69. The number of hydrogen-bond acceptors (Lipinski definition) is 10. The predicted molar refractivity (Wildman–Crippen MR) is 253 cm³/mol. The van der Waals surface area contributed by atoms with Gasteiger partial charge in [-0.25, -0.2) is 18.0 Å². The molecule has 0 radical (unpaired) electrons. The molecular formula is C53H58F6N6O5. The number of anilines is 2. The van der Waals surface area contributed by atoms with Gasteiger partial charge < -0.3 is 28.7 Å². The Labute approximate surface area is 403 Å². The lowest BCUT2D eigenvalue weighted by atomic mass is 9.89. The largest absolute Gasteiger partial charge is 0.497 e. The Kier molecular flexibility index (Phi) is 12.3. The quantitative estimate of drug-likeness (QED) is 0.119. The van der Waals surface area contributed by atoms with Gasteiger partial charge in [0.15, 0.2) is 5.82 Å². The summed E-state index contributed by atoms with van der Waals surface area (Å²) in [5, 5.41) is 0.0473. The van der Waals surface area contributed by atoms with Gasteiger partial charge in [0.2, 0.25) is 0 Å². The Balaban J connectivity index is 1.14. The number of carbonyl (C=O) groups excluding carboxylic acids is 1. The number of fused-ring (bicyclic) bond motifs is 6. The van der Waals surface area contributed by atoms with Crippen molar-refractivity contribution in [2.24, 2.45) is 0 Å². The van der Waals surface area contributed by atoms with E-state index in [0.717, 1.165) is 17.5 Å². The molecule has 0 N–H and O–H groups in total. The minimum atomic E-state index is -5.03. The van der Waals surface area contributed by atoms with Crippen molar-refractivity contribution in [2.75, 3.05) is 50.3 Å². The van der Waals surface area contributed by atoms with Crippen LogP contribution in [-0.4, -0.2) is 102 Å². The van der Waals surface area contributed by atoms with E-state index in [1.807, 2.05) is 34.1 Å². The van der Waals surface area contributed by atoms with Crippen LogP contribution < -0.4 is 24.0 Å². The summed E-state index contributed by atoms with van der Waals surface area (Å²) in [6, 6.07) is 15.8. The van der Waals surface area contributed by atoms with Crippen LogP contribution in [0.15, 0.2) is 60.7 Å². The second kappa shape index (κ2) is 18.0. The fourth-order valence-corrected chi connectivity index (χ4v) is 11.9. The van der Waals surface area contributed by atoms with Crippen LogP contribution in [0.1, 0.15) is 87.1 Å². The van der Waals surface area contributed by atoms with Crippen molar-refractivity contribution < 1.29 is 50.1 Å². The SMILES string of the molecule is COc1ccc(CN(Cc2ccc(OC)cc2)c2cc(C)c(C(F)(F)F)c(-c3c(F)c4c5c(nc(OC[C@@]67CCCN6C[C@H](F)C7)nc5c3F)N3C[C@H]5CC[C@@H]([C@H]3CC4)N5C(=O)OC(C)(C)C)c2)cc1. The smallest absolute Gasteiger partial charge is 0.417 e. The lowest BCUT2D eigenvalue weighted by Gasteiger charge is -2.47. The van der Waals surface area contributed by atoms with Gasteiger partial charge in [-0.3, -0.25) is 9.80 Å². The molecule has 17 heteroatoms. The fourth-order valence-electron chi connectivity index (χ4n) is 11.9. The highest BCUT2D eigenvalue weighted by molar-refractivity contribution is 5.98. The molecule has 0 aliphatic carbocycles. The van der Waals surface area contributed by atoms with Crippen LogP contribution in [0.25, 0.3) is 22.0 Å². The van der Waals surface area contributed by atoms with Gasteiger partial charge in [0.1, 0.15) is 47.0 Å². The van der Waals surface area contributed by atoms with Crippen molar-refractivity contribution >= 4 is 28.5 Å². The van der Waals surface area contributed by atoms with Gasteiger partial charge in [-0.1, -0.05) is 24.3 Å². The lowest BCUT2D eigenvalue weighted by molar-refractivity contribution is -0.137. The molecule has 1 aromatic heterocycles. The number of amides is 1. The van der Waals surface area contributed by atoms with Crippen molar-refractivity contribution in [2.45, 2.75) is 127 Å². The van der Waals surface area contributed by atoms with E-state index >= 15 is 22.0 Å². The molecular weight excluding hydrogens is 915 g/mol. The molecule has 372 valence electrons. The number of ether oxygens (including phenoxy) is 4. The summed E-state index contributed by atoms with van der Waals surface area (Å²) in [5.74, 6) is -1.00. The first-order chi connectivity index (χ1) is 33.3. The van der Waals surface area contributed by atoms with E-state index in [2.05, 4.69) is 9.88 Å². The summed E-state index contributed by atoms with van der Waals surface area (Å²) >= 11 is 0. The monoisotopic (exact) mass is 972 g/mol. The van der Waals surface area contributed by atoms with E-state index in [0.29, 0.717) is 43.0 Å². The molecule has 10 rings (SSSR count). The van der Waals surface area contributed by atoms with Crippen molar-refractivity contribution in [3.8, 4) is 28.6 Å². The lowest BCUT2D eigenvalue weighted by Crippen LogP contribution is -2.62. The molecule has 5 aromatic rings. The molecule has 4 saturated heterocycles. The molecule has 0 saturated carbocycles. The highest BCUT2D eigenvalue weighted by atomic mass is 19.4. The first-order valence-electron chi connectivity index (χ1n) is 24.1. The number of aryl methyl sites for hydroxylation is 2. The van der Waals surface area contributed by atoms with Crippen molar-refractivity contribution in [1.29, 1.82) is 0 Å². The number of rotatable bonds is 11. The van der Waals surface area contributed by atoms with Crippen LogP contribution in [0, 0.1) is 18.6 Å². The topological polar surface area (TPSA) is 92.7 Å². The highest BCUT2D eigenvalue weighted by Crippen LogP contribution is 2.50. The highest BCUT2D eigenvalue weighted by Gasteiger charge is 2.52. The van der Waals surface area contributed by atoms with Crippen LogP contribution in [0.4, 0.5) is 42.6 Å². The summed E-state index contributed by atoms with van der Waals surface area (Å²) in [6.07, 6.45) is -3.29. The molecule has 2 bridgehead atoms. The van der Waals surface area contributed by atoms with Gasteiger partial charge in [0.25, 0.3) is 0 Å². The average Bonchev–Trinajstić information content (AvgIpc) is 3.91. The third-order valence-corrected chi connectivity index (χ3v) is 15.0. The van der Waals surface area contributed by atoms with Crippen LogP contribution in [0.3, 0.4) is 0 Å².